The van der Waals surface area contributed by atoms with Crippen molar-refractivity contribution in [1.29, 1.82) is 0 Å². The topological polar surface area (TPSA) is 152 Å². The summed E-state index contributed by atoms with van der Waals surface area (Å²) in [5.74, 6) is -1.62. The number of fused-ring (bicyclic) bond motifs is 1. The second-order valence-corrected chi connectivity index (χ2v) is 7.28. The van der Waals surface area contributed by atoms with Crippen molar-refractivity contribution >= 4 is 35.6 Å². The second kappa shape index (κ2) is 6.99. The monoisotopic (exact) mass is 395 g/mol. The molecular formula is C16H17N3O7S. The molecule has 0 radical (unpaired) electrons. The Kier molecular flexibility index (Phi) is 4.87. The summed E-state index contributed by atoms with van der Waals surface area (Å²) in [5, 5.41) is 11.6. The van der Waals surface area contributed by atoms with E-state index in [1.807, 2.05) is 0 Å². The number of thioether (sulfide) groups is 1. The van der Waals surface area contributed by atoms with Crippen molar-refractivity contribution in [3.63, 3.8) is 0 Å². The molecule has 11 heteroatoms. The molecule has 0 aliphatic carbocycles. The van der Waals surface area contributed by atoms with Gasteiger partial charge in [-0.25, -0.2) is 9.59 Å². The number of nitrogens with zero attached hydrogens (tertiary/aromatic N) is 1. The first-order valence-corrected chi connectivity index (χ1v) is 8.95. The van der Waals surface area contributed by atoms with Crippen LogP contribution >= 0.6 is 11.8 Å². The molecule has 1 fully saturated rings. The van der Waals surface area contributed by atoms with E-state index in [9.17, 15) is 24.3 Å². The van der Waals surface area contributed by atoms with Gasteiger partial charge in [0.15, 0.2) is 0 Å². The van der Waals surface area contributed by atoms with Gasteiger partial charge in [-0.3, -0.25) is 14.5 Å². The molecule has 0 spiro atoms. The van der Waals surface area contributed by atoms with Crippen molar-refractivity contribution in [3.05, 3.63) is 35.4 Å². The molecule has 10 nitrogen and oxygen atoms in total. The lowest BCUT2D eigenvalue weighted by molar-refractivity contribution is -0.158. The van der Waals surface area contributed by atoms with Gasteiger partial charge >= 0.3 is 12.1 Å². The number of nitrogens with two attached hydrogens (primary N) is 1. The third-order valence-electron chi connectivity index (χ3n) is 4.29. The van der Waals surface area contributed by atoms with Gasteiger partial charge in [0, 0.05) is 11.3 Å². The number of aliphatic carboxylic acids is 1. The lowest BCUT2D eigenvalue weighted by Crippen LogP contribution is -2.78. The SMILES string of the molecule is CC1(NC(=O)Cc2ccco2)C(=O)N2C(C(=O)O)=C(COC(N)=O)CS[C@@H]21. The Morgan fingerprint density at radius 3 is 2.85 bits per heavy atom. The van der Waals surface area contributed by atoms with E-state index in [0.29, 0.717) is 5.76 Å². The van der Waals surface area contributed by atoms with E-state index in [0.717, 1.165) is 4.90 Å². The second-order valence-electron chi connectivity index (χ2n) is 6.21. The quantitative estimate of drug-likeness (QED) is 0.571. The predicted octanol–water partition coefficient (Wildman–Crippen LogP) is 0.0461. The molecule has 3 rings (SSSR count). The van der Waals surface area contributed by atoms with Crippen LogP contribution in [0.3, 0.4) is 0 Å². The van der Waals surface area contributed by atoms with Gasteiger partial charge in [0.1, 0.15) is 29.0 Å². The molecule has 1 aromatic heterocycles. The highest BCUT2D eigenvalue weighted by Gasteiger charge is 2.62. The molecule has 2 atom stereocenters. The Balaban J connectivity index is 1.76. The first-order chi connectivity index (χ1) is 12.7. The summed E-state index contributed by atoms with van der Waals surface area (Å²) >= 11 is 1.27. The molecule has 1 saturated heterocycles. The predicted molar refractivity (Wildman–Crippen MR) is 92.2 cm³/mol. The Labute approximate surface area is 157 Å². The largest absolute Gasteiger partial charge is 0.477 e. The summed E-state index contributed by atoms with van der Waals surface area (Å²) in [4.78, 5) is 48.5. The Morgan fingerprint density at radius 2 is 2.26 bits per heavy atom. The lowest BCUT2D eigenvalue weighted by Gasteiger charge is -2.55. The zero-order valence-electron chi connectivity index (χ0n) is 14.3. The molecule has 0 aromatic carbocycles. The number of β-lactam (4-membered cyclic amide) rings is 1. The fraction of sp³-hybridized carbons (Fsp3) is 0.375. The number of hydrogen-bond acceptors (Lipinski definition) is 7. The molecular weight excluding hydrogens is 378 g/mol. The van der Waals surface area contributed by atoms with Crippen LogP contribution in [0.5, 0.6) is 0 Å². The number of hydrogen-bond donors (Lipinski definition) is 3. The minimum absolute atomic E-state index is 0.0351. The van der Waals surface area contributed by atoms with E-state index in [-0.39, 0.29) is 30.1 Å². The smallest absolute Gasteiger partial charge is 0.404 e. The zero-order chi connectivity index (χ0) is 19.8. The van der Waals surface area contributed by atoms with E-state index in [4.69, 9.17) is 10.2 Å². The van der Waals surface area contributed by atoms with Gasteiger partial charge < -0.3 is 25.3 Å². The maximum atomic E-state index is 12.7. The number of carboxylic acids is 1. The lowest BCUT2D eigenvalue weighted by atomic mass is 9.88. The summed E-state index contributed by atoms with van der Waals surface area (Å²) < 4.78 is 9.78. The number of nitrogens with one attached hydrogen (secondary N) is 1. The number of amides is 3. The maximum absolute atomic E-state index is 12.7. The standard InChI is InChI=1S/C16H17N3O7S/c1-16(18-10(20)5-9-3-2-4-25-9)13(23)19-11(12(21)22)8(6-26-15(17)24)7-27-14(16)19/h2-4,14H,5-7H2,1H3,(H2,17,24)(H,18,20)(H,21,22)/t14-,16?/m1/s1. The number of primary amides is 1. The highest BCUT2D eigenvalue weighted by atomic mass is 32.2. The van der Waals surface area contributed by atoms with E-state index < -0.39 is 34.8 Å². The maximum Gasteiger partial charge on any atom is 0.404 e. The van der Waals surface area contributed by atoms with Gasteiger partial charge in [0.05, 0.1) is 12.7 Å². The molecule has 3 heterocycles. The minimum atomic E-state index is -1.32. The molecule has 2 aliphatic rings. The molecule has 0 bridgehead atoms. The molecule has 3 amide bonds. The summed E-state index contributed by atoms with van der Waals surface area (Å²) in [6.45, 7) is 1.23. The average Bonchev–Trinajstić information content (AvgIpc) is 3.11. The Bertz CT molecular complexity index is 835. The number of carboxylic acid groups (broad SMARTS) is 1. The van der Waals surface area contributed by atoms with Gasteiger partial charge in [-0.1, -0.05) is 0 Å². The molecule has 2 aliphatic heterocycles. The first kappa shape index (κ1) is 18.8. The van der Waals surface area contributed by atoms with E-state index in [1.54, 1.807) is 19.1 Å². The number of carbonyl (C=O) groups is 4. The zero-order valence-corrected chi connectivity index (χ0v) is 15.1. The van der Waals surface area contributed by atoms with E-state index in [1.165, 1.54) is 18.0 Å². The van der Waals surface area contributed by atoms with Crippen molar-refractivity contribution < 1.29 is 33.4 Å². The van der Waals surface area contributed by atoms with Crippen molar-refractivity contribution in [2.75, 3.05) is 12.4 Å². The van der Waals surface area contributed by atoms with Crippen LogP contribution in [0.2, 0.25) is 0 Å². The molecule has 1 aromatic rings. The fourth-order valence-electron chi connectivity index (χ4n) is 3.08. The van der Waals surface area contributed by atoms with Crippen LogP contribution in [0.15, 0.2) is 34.1 Å². The fourth-order valence-corrected chi connectivity index (χ4v) is 4.50. The van der Waals surface area contributed by atoms with E-state index in [2.05, 4.69) is 10.1 Å². The normalized spacial score (nSPS) is 24.1. The number of furan rings is 1. The van der Waals surface area contributed by atoms with Gasteiger partial charge in [0.2, 0.25) is 5.91 Å². The highest BCUT2D eigenvalue weighted by Crippen LogP contribution is 2.46. The highest BCUT2D eigenvalue weighted by molar-refractivity contribution is 8.00. The van der Waals surface area contributed by atoms with Gasteiger partial charge in [0.25, 0.3) is 5.91 Å². The Hall–Kier alpha value is -2.95. The van der Waals surface area contributed by atoms with Crippen LogP contribution in [0.1, 0.15) is 12.7 Å². The van der Waals surface area contributed by atoms with Crippen LogP contribution < -0.4 is 11.1 Å². The van der Waals surface area contributed by atoms with E-state index >= 15 is 0 Å². The van der Waals surface area contributed by atoms with Crippen LogP contribution in [-0.2, 0) is 25.5 Å². The number of ether oxygens (including phenoxy) is 1. The molecule has 27 heavy (non-hydrogen) atoms. The van der Waals surface area contributed by atoms with Crippen LogP contribution in [0.25, 0.3) is 0 Å². The number of carbonyl (C=O) groups excluding carboxylic acids is 3. The molecule has 0 saturated carbocycles. The average molecular weight is 395 g/mol. The molecule has 1 unspecified atom stereocenters. The minimum Gasteiger partial charge on any atom is -0.477 e. The van der Waals surface area contributed by atoms with Crippen LogP contribution in [0, 0.1) is 0 Å². The van der Waals surface area contributed by atoms with Crippen LogP contribution in [0.4, 0.5) is 4.79 Å². The third kappa shape index (κ3) is 3.37. The Morgan fingerprint density at radius 1 is 1.52 bits per heavy atom. The first-order valence-electron chi connectivity index (χ1n) is 7.90. The molecule has 4 N–H and O–H groups in total. The summed E-state index contributed by atoms with van der Waals surface area (Å²) in [6.07, 6.45) is 0.369. The summed E-state index contributed by atoms with van der Waals surface area (Å²) in [7, 11) is 0. The van der Waals surface area contributed by atoms with Crippen molar-refractivity contribution in [2.24, 2.45) is 5.73 Å². The summed E-state index contributed by atoms with van der Waals surface area (Å²) in [6, 6.07) is 3.29. The molecule has 144 valence electrons. The van der Waals surface area contributed by atoms with Gasteiger partial charge in [-0.15, -0.1) is 11.8 Å². The third-order valence-corrected chi connectivity index (χ3v) is 5.80. The van der Waals surface area contributed by atoms with Crippen molar-refractivity contribution in [2.45, 2.75) is 24.3 Å². The number of rotatable bonds is 6. The van der Waals surface area contributed by atoms with Crippen molar-refractivity contribution in [3.8, 4) is 0 Å². The van der Waals surface area contributed by atoms with Crippen molar-refractivity contribution in [1.82, 2.24) is 10.2 Å². The summed E-state index contributed by atoms with van der Waals surface area (Å²) in [5.41, 5.74) is 3.69. The van der Waals surface area contributed by atoms with Gasteiger partial charge in [-0.05, 0) is 19.1 Å². The van der Waals surface area contributed by atoms with Gasteiger partial charge in [-0.2, -0.15) is 0 Å². The van der Waals surface area contributed by atoms with Crippen LogP contribution in [-0.4, -0.2) is 57.2 Å².